The summed E-state index contributed by atoms with van der Waals surface area (Å²) in [5.41, 5.74) is 0. The predicted molar refractivity (Wildman–Crippen MR) is 109 cm³/mol. The van der Waals surface area contributed by atoms with Gasteiger partial charge in [0.2, 0.25) is 0 Å². The minimum absolute atomic E-state index is 0.0563. The Morgan fingerprint density at radius 3 is 2.57 bits per heavy atom. The van der Waals surface area contributed by atoms with Crippen LogP contribution in [0.2, 0.25) is 0 Å². The van der Waals surface area contributed by atoms with E-state index in [1.807, 2.05) is 13.0 Å². The Hall–Kier alpha value is -2.16. The lowest BCUT2D eigenvalue weighted by atomic mass is 10.0. The first-order valence-electron chi connectivity index (χ1n) is 9.69. The first-order chi connectivity index (χ1) is 13.6. The number of amides is 2. The number of hydrogen-bond acceptors (Lipinski definition) is 6. The van der Waals surface area contributed by atoms with Gasteiger partial charge in [0.05, 0.1) is 18.8 Å². The summed E-state index contributed by atoms with van der Waals surface area (Å²) in [5.74, 6) is -0.656. The maximum Gasteiger partial charge on any atom is 0.309 e. The van der Waals surface area contributed by atoms with E-state index in [-0.39, 0.29) is 18.6 Å². The normalized spacial score (nSPS) is 17.8. The van der Waals surface area contributed by atoms with Gasteiger partial charge in [0.1, 0.15) is 5.76 Å². The van der Waals surface area contributed by atoms with Crippen LogP contribution < -0.4 is 10.6 Å². The molecule has 0 spiro atoms. The van der Waals surface area contributed by atoms with E-state index in [1.165, 1.54) is 11.1 Å². The molecule has 1 aliphatic heterocycles. The van der Waals surface area contributed by atoms with Crippen LogP contribution in [0.5, 0.6) is 0 Å². The minimum Gasteiger partial charge on any atom is -0.467 e. The molecule has 2 amide bonds. The number of piperazine rings is 1. The quantitative estimate of drug-likeness (QED) is 0.689. The van der Waals surface area contributed by atoms with E-state index < -0.39 is 11.8 Å². The highest BCUT2D eigenvalue weighted by atomic mass is 32.1. The molecule has 2 N–H and O–H groups in total. The molecule has 2 aromatic heterocycles. The molecule has 8 heteroatoms. The fourth-order valence-electron chi connectivity index (χ4n) is 3.57. The highest BCUT2D eigenvalue weighted by Gasteiger charge is 2.31. The number of hydrogen-bond donors (Lipinski definition) is 2. The van der Waals surface area contributed by atoms with Crippen LogP contribution in [0.3, 0.4) is 0 Å². The summed E-state index contributed by atoms with van der Waals surface area (Å²) in [6, 6.07) is 7.49. The SMILES string of the molecule is CCN1CCN([C@@H](c2cccs2)[C@H](C)NC(=O)C(=O)NCc2ccco2)CC1. The molecule has 0 aliphatic carbocycles. The number of rotatable bonds is 7. The van der Waals surface area contributed by atoms with Gasteiger partial charge >= 0.3 is 11.8 Å². The Kier molecular flexibility index (Phi) is 7.24. The molecule has 0 radical (unpaired) electrons. The molecule has 152 valence electrons. The number of nitrogens with one attached hydrogen (secondary N) is 2. The summed E-state index contributed by atoms with van der Waals surface area (Å²) >= 11 is 1.68. The molecular weight excluding hydrogens is 376 g/mol. The van der Waals surface area contributed by atoms with Gasteiger partial charge < -0.3 is 20.0 Å². The zero-order valence-electron chi connectivity index (χ0n) is 16.4. The average molecular weight is 405 g/mol. The molecule has 0 aromatic carbocycles. The number of thiophene rings is 1. The van der Waals surface area contributed by atoms with Crippen molar-refractivity contribution >= 4 is 23.2 Å². The first-order valence-corrected chi connectivity index (χ1v) is 10.6. The first kappa shape index (κ1) is 20.6. The van der Waals surface area contributed by atoms with Gasteiger partial charge in [-0.05, 0) is 37.0 Å². The molecule has 1 aliphatic rings. The van der Waals surface area contributed by atoms with Gasteiger partial charge in [-0.2, -0.15) is 0 Å². The summed E-state index contributed by atoms with van der Waals surface area (Å²) < 4.78 is 5.17. The Labute approximate surface area is 169 Å². The van der Waals surface area contributed by atoms with Gasteiger partial charge in [0, 0.05) is 37.1 Å². The van der Waals surface area contributed by atoms with Crippen molar-refractivity contribution in [3.8, 4) is 0 Å². The van der Waals surface area contributed by atoms with Crippen LogP contribution in [-0.2, 0) is 16.1 Å². The molecule has 0 bridgehead atoms. The van der Waals surface area contributed by atoms with Crippen LogP contribution in [0.1, 0.15) is 30.5 Å². The summed E-state index contributed by atoms with van der Waals surface area (Å²) in [7, 11) is 0. The highest BCUT2D eigenvalue weighted by molar-refractivity contribution is 7.10. The second-order valence-electron chi connectivity index (χ2n) is 6.95. The van der Waals surface area contributed by atoms with Crippen molar-refractivity contribution < 1.29 is 14.0 Å². The third kappa shape index (κ3) is 5.21. The van der Waals surface area contributed by atoms with Crippen LogP contribution in [0.25, 0.3) is 0 Å². The van der Waals surface area contributed by atoms with Crippen LogP contribution >= 0.6 is 11.3 Å². The summed E-state index contributed by atoms with van der Waals surface area (Å²) in [5, 5.41) is 7.54. The van der Waals surface area contributed by atoms with Gasteiger partial charge in [-0.25, -0.2) is 0 Å². The van der Waals surface area contributed by atoms with E-state index >= 15 is 0 Å². The lowest BCUT2D eigenvalue weighted by molar-refractivity contribution is -0.140. The standard InChI is InChI=1S/C20H28N4O3S/c1-3-23-8-10-24(11-9-23)18(17-7-5-13-28-17)15(2)22-20(26)19(25)21-14-16-6-4-12-27-16/h4-7,12-13,15,18H,3,8-11,14H2,1-2H3,(H,21,25)(H,22,26)/t15-,18+/m0/s1. The highest BCUT2D eigenvalue weighted by Crippen LogP contribution is 2.29. The fraction of sp³-hybridized carbons (Fsp3) is 0.500. The third-order valence-electron chi connectivity index (χ3n) is 5.12. The molecule has 1 fully saturated rings. The number of carbonyl (C=O) groups excluding carboxylic acids is 2. The van der Waals surface area contributed by atoms with Gasteiger partial charge in [-0.1, -0.05) is 13.0 Å². The van der Waals surface area contributed by atoms with Crippen molar-refractivity contribution in [1.29, 1.82) is 0 Å². The number of nitrogens with zero attached hydrogens (tertiary/aromatic N) is 2. The molecule has 2 aromatic rings. The van der Waals surface area contributed by atoms with Crippen molar-refractivity contribution in [1.82, 2.24) is 20.4 Å². The van der Waals surface area contributed by atoms with E-state index in [0.717, 1.165) is 32.7 Å². The Morgan fingerprint density at radius 1 is 1.18 bits per heavy atom. The molecule has 2 atom stereocenters. The second kappa shape index (κ2) is 9.86. The molecule has 3 heterocycles. The molecule has 3 rings (SSSR count). The van der Waals surface area contributed by atoms with E-state index in [2.05, 4.69) is 38.8 Å². The Bertz CT molecular complexity index is 740. The minimum atomic E-state index is -0.649. The molecule has 1 saturated heterocycles. The van der Waals surface area contributed by atoms with E-state index in [0.29, 0.717) is 5.76 Å². The van der Waals surface area contributed by atoms with Crippen LogP contribution in [0.15, 0.2) is 40.3 Å². The van der Waals surface area contributed by atoms with Crippen LogP contribution in [0.4, 0.5) is 0 Å². The molecular formula is C20H28N4O3S. The van der Waals surface area contributed by atoms with Crippen molar-refractivity contribution in [2.75, 3.05) is 32.7 Å². The predicted octanol–water partition coefficient (Wildman–Crippen LogP) is 1.84. The zero-order valence-corrected chi connectivity index (χ0v) is 17.2. The summed E-state index contributed by atoms with van der Waals surface area (Å²) in [6.07, 6.45) is 1.54. The van der Waals surface area contributed by atoms with Crippen LogP contribution in [-0.4, -0.2) is 60.4 Å². The third-order valence-corrected chi connectivity index (χ3v) is 6.07. The van der Waals surface area contributed by atoms with Crippen LogP contribution in [0, 0.1) is 0 Å². The van der Waals surface area contributed by atoms with E-state index in [4.69, 9.17) is 4.42 Å². The summed E-state index contributed by atoms with van der Waals surface area (Å²) in [4.78, 5) is 30.6. The Morgan fingerprint density at radius 2 is 1.96 bits per heavy atom. The number of furan rings is 1. The van der Waals surface area contributed by atoms with Crippen molar-refractivity contribution in [3.05, 3.63) is 46.5 Å². The lowest BCUT2D eigenvalue weighted by Gasteiger charge is -2.41. The maximum absolute atomic E-state index is 12.4. The maximum atomic E-state index is 12.4. The molecule has 28 heavy (non-hydrogen) atoms. The molecule has 0 unspecified atom stereocenters. The summed E-state index contributed by atoms with van der Waals surface area (Å²) in [6.45, 7) is 9.32. The van der Waals surface area contributed by atoms with Gasteiger partial charge in [-0.15, -0.1) is 11.3 Å². The lowest BCUT2D eigenvalue weighted by Crippen LogP contribution is -2.53. The number of carbonyl (C=O) groups is 2. The second-order valence-corrected chi connectivity index (χ2v) is 7.93. The smallest absolute Gasteiger partial charge is 0.309 e. The fourth-order valence-corrected chi connectivity index (χ4v) is 4.54. The van der Waals surface area contributed by atoms with E-state index in [1.54, 1.807) is 23.5 Å². The zero-order chi connectivity index (χ0) is 19.9. The van der Waals surface area contributed by atoms with Crippen molar-refractivity contribution in [3.63, 3.8) is 0 Å². The number of likely N-dealkylation sites (N-methyl/N-ethyl adjacent to an activating group) is 1. The Balaban J connectivity index is 1.60. The average Bonchev–Trinajstić information content (AvgIpc) is 3.41. The topological polar surface area (TPSA) is 77.8 Å². The van der Waals surface area contributed by atoms with Gasteiger partial charge in [0.15, 0.2) is 0 Å². The largest absolute Gasteiger partial charge is 0.467 e. The van der Waals surface area contributed by atoms with Crippen molar-refractivity contribution in [2.24, 2.45) is 0 Å². The van der Waals surface area contributed by atoms with Gasteiger partial charge in [-0.3, -0.25) is 14.5 Å². The van der Waals surface area contributed by atoms with Crippen molar-refractivity contribution in [2.45, 2.75) is 32.5 Å². The van der Waals surface area contributed by atoms with Gasteiger partial charge in [0.25, 0.3) is 0 Å². The molecule has 0 saturated carbocycles. The molecule has 7 nitrogen and oxygen atoms in total. The monoisotopic (exact) mass is 404 g/mol. The van der Waals surface area contributed by atoms with E-state index in [9.17, 15) is 9.59 Å².